The number of carbonyl (C=O) groups excluding carboxylic acids is 1. The lowest BCUT2D eigenvalue weighted by Crippen LogP contribution is -2.37. The number of likely N-dealkylation sites (tertiary alicyclic amines) is 1. The molecule has 0 saturated carbocycles. The molecule has 6 nitrogen and oxygen atoms in total. The molecule has 2 heterocycles. The summed E-state index contributed by atoms with van der Waals surface area (Å²) in [5.41, 5.74) is 2.06. The summed E-state index contributed by atoms with van der Waals surface area (Å²) in [5, 5.41) is 9.24. The summed E-state index contributed by atoms with van der Waals surface area (Å²) in [7, 11) is 0. The Kier molecular flexibility index (Phi) is 4.92. The molecular formula is C14H18BrN3O3. The Morgan fingerprint density at radius 2 is 1.90 bits per heavy atom. The molecule has 1 N–H and O–H groups in total. The predicted molar refractivity (Wildman–Crippen MR) is 81.2 cm³/mol. The number of nitrogens with zero attached hydrogens (tertiary/aromatic N) is 3. The SMILES string of the molecule is Cc1nc(C)c(C(=O)CBr)c(C2CCN(C(=O)O)CC2)n1. The van der Waals surface area contributed by atoms with Gasteiger partial charge in [-0.15, -0.1) is 0 Å². The first kappa shape index (κ1) is 15.9. The zero-order valence-corrected chi connectivity index (χ0v) is 13.7. The number of hydrogen-bond acceptors (Lipinski definition) is 4. The van der Waals surface area contributed by atoms with Crippen LogP contribution in [0.2, 0.25) is 0 Å². The van der Waals surface area contributed by atoms with Crippen molar-refractivity contribution in [2.45, 2.75) is 32.6 Å². The minimum Gasteiger partial charge on any atom is -0.465 e. The van der Waals surface area contributed by atoms with E-state index in [0.717, 1.165) is 5.69 Å². The van der Waals surface area contributed by atoms with Crippen molar-refractivity contribution in [1.82, 2.24) is 14.9 Å². The van der Waals surface area contributed by atoms with E-state index in [1.54, 1.807) is 0 Å². The normalized spacial score (nSPS) is 16.0. The molecule has 21 heavy (non-hydrogen) atoms. The van der Waals surface area contributed by atoms with Gasteiger partial charge in [0.1, 0.15) is 5.82 Å². The number of alkyl halides is 1. The van der Waals surface area contributed by atoms with E-state index < -0.39 is 6.09 Å². The zero-order valence-electron chi connectivity index (χ0n) is 12.1. The number of carbonyl (C=O) groups is 2. The summed E-state index contributed by atoms with van der Waals surface area (Å²) >= 11 is 3.20. The van der Waals surface area contributed by atoms with Crippen molar-refractivity contribution in [1.29, 1.82) is 0 Å². The van der Waals surface area contributed by atoms with Gasteiger partial charge >= 0.3 is 6.09 Å². The highest BCUT2D eigenvalue weighted by Crippen LogP contribution is 2.30. The summed E-state index contributed by atoms with van der Waals surface area (Å²) in [5.74, 6) is 0.733. The van der Waals surface area contributed by atoms with E-state index in [0.29, 0.717) is 43.0 Å². The summed E-state index contributed by atoms with van der Waals surface area (Å²) in [6.07, 6.45) is 0.482. The molecule has 1 fully saturated rings. The van der Waals surface area contributed by atoms with Crippen LogP contribution < -0.4 is 0 Å². The second kappa shape index (κ2) is 6.51. The zero-order chi connectivity index (χ0) is 15.6. The summed E-state index contributed by atoms with van der Waals surface area (Å²) in [6, 6.07) is 0. The van der Waals surface area contributed by atoms with Crippen LogP contribution in [-0.2, 0) is 0 Å². The van der Waals surface area contributed by atoms with Gasteiger partial charge in [0.15, 0.2) is 5.78 Å². The molecule has 0 radical (unpaired) electrons. The van der Waals surface area contributed by atoms with E-state index in [4.69, 9.17) is 5.11 Å². The molecule has 1 aliphatic rings. The number of hydrogen-bond donors (Lipinski definition) is 1. The van der Waals surface area contributed by atoms with Gasteiger partial charge in [-0.25, -0.2) is 14.8 Å². The Labute approximate surface area is 131 Å². The van der Waals surface area contributed by atoms with Gasteiger partial charge in [0.05, 0.1) is 22.3 Å². The van der Waals surface area contributed by atoms with Gasteiger partial charge in [-0.2, -0.15) is 0 Å². The van der Waals surface area contributed by atoms with Crippen molar-refractivity contribution < 1.29 is 14.7 Å². The fourth-order valence-corrected chi connectivity index (χ4v) is 3.07. The van der Waals surface area contributed by atoms with Crippen LogP contribution in [0.1, 0.15) is 46.3 Å². The van der Waals surface area contributed by atoms with Crippen LogP contribution in [0.15, 0.2) is 0 Å². The van der Waals surface area contributed by atoms with E-state index >= 15 is 0 Å². The molecular weight excluding hydrogens is 338 g/mol. The van der Waals surface area contributed by atoms with Crippen molar-refractivity contribution in [2.24, 2.45) is 0 Å². The third-order valence-electron chi connectivity index (χ3n) is 3.78. The molecule has 0 atom stereocenters. The lowest BCUT2D eigenvalue weighted by molar-refractivity contribution is 0.101. The molecule has 114 valence electrons. The molecule has 0 bridgehead atoms. The molecule has 7 heteroatoms. The van der Waals surface area contributed by atoms with Gasteiger partial charge in [-0.3, -0.25) is 4.79 Å². The highest BCUT2D eigenvalue weighted by Gasteiger charge is 2.28. The molecule has 0 unspecified atom stereocenters. The maximum Gasteiger partial charge on any atom is 0.407 e. The standard InChI is InChI=1S/C14H18BrN3O3/c1-8-12(11(19)7-15)13(17-9(2)16-8)10-3-5-18(6-4-10)14(20)21/h10H,3-7H2,1-2H3,(H,20,21). The van der Waals surface area contributed by atoms with Crippen molar-refractivity contribution in [3.8, 4) is 0 Å². The van der Waals surface area contributed by atoms with Crippen molar-refractivity contribution in [2.75, 3.05) is 18.4 Å². The molecule has 0 aliphatic carbocycles. The predicted octanol–water partition coefficient (Wildman–Crippen LogP) is 2.53. The van der Waals surface area contributed by atoms with Gasteiger partial charge in [0.2, 0.25) is 0 Å². The largest absolute Gasteiger partial charge is 0.465 e. The summed E-state index contributed by atoms with van der Waals surface area (Å²) < 4.78 is 0. The van der Waals surface area contributed by atoms with Gasteiger partial charge in [-0.1, -0.05) is 15.9 Å². The maximum absolute atomic E-state index is 12.2. The van der Waals surface area contributed by atoms with Crippen LogP contribution in [0.5, 0.6) is 0 Å². The van der Waals surface area contributed by atoms with Crippen molar-refractivity contribution >= 4 is 27.8 Å². The van der Waals surface area contributed by atoms with Crippen LogP contribution in [0.25, 0.3) is 0 Å². The number of ketones is 1. The van der Waals surface area contributed by atoms with Crippen LogP contribution >= 0.6 is 15.9 Å². The minimum absolute atomic E-state index is 0.0248. The first-order valence-electron chi connectivity index (χ1n) is 6.86. The first-order valence-corrected chi connectivity index (χ1v) is 7.98. The average molecular weight is 356 g/mol. The Bertz CT molecular complexity index is 569. The third-order valence-corrected chi connectivity index (χ3v) is 4.29. The van der Waals surface area contributed by atoms with E-state index in [9.17, 15) is 9.59 Å². The minimum atomic E-state index is -0.889. The highest BCUT2D eigenvalue weighted by atomic mass is 79.9. The molecule has 1 aromatic heterocycles. The summed E-state index contributed by atoms with van der Waals surface area (Å²) in [4.78, 5) is 33.3. The Morgan fingerprint density at radius 1 is 1.29 bits per heavy atom. The number of halogens is 1. The van der Waals surface area contributed by atoms with Crippen LogP contribution in [0.3, 0.4) is 0 Å². The second-order valence-corrected chi connectivity index (χ2v) is 5.78. The highest BCUT2D eigenvalue weighted by molar-refractivity contribution is 9.09. The van der Waals surface area contributed by atoms with Gasteiger partial charge in [0.25, 0.3) is 0 Å². The molecule has 1 amide bonds. The van der Waals surface area contributed by atoms with Crippen LogP contribution in [0, 0.1) is 13.8 Å². The number of rotatable bonds is 3. The second-order valence-electron chi connectivity index (χ2n) is 5.22. The average Bonchev–Trinajstić information content (AvgIpc) is 2.45. The van der Waals surface area contributed by atoms with Crippen molar-refractivity contribution in [3.05, 3.63) is 22.8 Å². The lowest BCUT2D eigenvalue weighted by Gasteiger charge is -2.30. The smallest absolute Gasteiger partial charge is 0.407 e. The maximum atomic E-state index is 12.2. The number of piperidine rings is 1. The quantitative estimate of drug-likeness (QED) is 0.665. The summed E-state index contributed by atoms with van der Waals surface area (Å²) in [6.45, 7) is 4.58. The molecule has 0 spiro atoms. The Balaban J connectivity index is 2.31. The Morgan fingerprint density at radius 3 is 2.43 bits per heavy atom. The van der Waals surface area contributed by atoms with Gasteiger partial charge in [-0.05, 0) is 26.7 Å². The molecule has 1 aromatic rings. The monoisotopic (exact) mass is 355 g/mol. The molecule has 2 rings (SSSR count). The van der Waals surface area contributed by atoms with Gasteiger partial charge < -0.3 is 10.0 Å². The third kappa shape index (κ3) is 3.40. The molecule has 1 saturated heterocycles. The number of aromatic nitrogens is 2. The molecule has 1 aliphatic heterocycles. The van der Waals surface area contributed by atoms with Gasteiger partial charge in [0, 0.05) is 19.0 Å². The lowest BCUT2D eigenvalue weighted by atomic mass is 9.89. The number of amides is 1. The Hall–Kier alpha value is -1.50. The van der Waals surface area contributed by atoms with Crippen LogP contribution in [-0.4, -0.2) is 50.3 Å². The van der Waals surface area contributed by atoms with Crippen molar-refractivity contribution in [3.63, 3.8) is 0 Å². The topological polar surface area (TPSA) is 83.4 Å². The fourth-order valence-electron chi connectivity index (χ4n) is 2.79. The number of carboxylic acid groups (broad SMARTS) is 1. The number of Topliss-reactive ketones (excluding diaryl/α,β-unsaturated/α-hetero) is 1. The van der Waals surface area contributed by atoms with Crippen LogP contribution in [0.4, 0.5) is 4.79 Å². The fraction of sp³-hybridized carbons (Fsp3) is 0.571. The molecule has 0 aromatic carbocycles. The van der Waals surface area contributed by atoms with E-state index in [-0.39, 0.29) is 17.0 Å². The van der Waals surface area contributed by atoms with E-state index in [2.05, 4.69) is 25.9 Å². The van der Waals surface area contributed by atoms with E-state index in [1.807, 2.05) is 13.8 Å². The van der Waals surface area contributed by atoms with E-state index in [1.165, 1.54) is 4.90 Å². The number of aryl methyl sites for hydroxylation is 2. The first-order chi connectivity index (χ1) is 9.93.